The standard InChI is InChI=1S/C19H23N3O2S2/c1-14-5-6-15(2)18(10-14)21-19(25)22(12-16-4-3-8-20-11-16)17-7-9-26(23,24)13-17/h3-6,8,10-11,17H,7,9,12-13H2,1-2H3,(H,21,25). The molecule has 138 valence electrons. The van der Waals surface area contributed by atoms with Crippen LogP contribution < -0.4 is 5.32 Å². The van der Waals surface area contributed by atoms with Crippen molar-refractivity contribution in [1.82, 2.24) is 9.88 Å². The van der Waals surface area contributed by atoms with Gasteiger partial charge in [0.15, 0.2) is 14.9 Å². The molecule has 1 fully saturated rings. The van der Waals surface area contributed by atoms with Crippen molar-refractivity contribution < 1.29 is 8.42 Å². The lowest BCUT2D eigenvalue weighted by atomic mass is 10.1. The number of sulfone groups is 1. The molecule has 1 atom stereocenters. The van der Waals surface area contributed by atoms with Gasteiger partial charge in [0.25, 0.3) is 0 Å². The van der Waals surface area contributed by atoms with Gasteiger partial charge >= 0.3 is 0 Å². The summed E-state index contributed by atoms with van der Waals surface area (Å²) in [5.41, 5.74) is 4.19. The molecule has 1 unspecified atom stereocenters. The molecule has 1 aromatic heterocycles. The summed E-state index contributed by atoms with van der Waals surface area (Å²) in [7, 11) is -3.00. The lowest BCUT2D eigenvalue weighted by Crippen LogP contribution is -2.43. The van der Waals surface area contributed by atoms with Crippen molar-refractivity contribution in [1.29, 1.82) is 0 Å². The molecule has 0 amide bonds. The first-order valence-electron chi connectivity index (χ1n) is 8.58. The van der Waals surface area contributed by atoms with Crippen molar-refractivity contribution in [3.63, 3.8) is 0 Å². The average Bonchev–Trinajstić information content (AvgIpc) is 2.96. The van der Waals surface area contributed by atoms with Gasteiger partial charge in [0.2, 0.25) is 0 Å². The fourth-order valence-electron chi connectivity index (χ4n) is 3.13. The Kier molecular flexibility index (Phi) is 5.58. The molecule has 3 rings (SSSR count). The van der Waals surface area contributed by atoms with Crippen LogP contribution in [0.15, 0.2) is 42.7 Å². The summed E-state index contributed by atoms with van der Waals surface area (Å²) >= 11 is 5.67. The van der Waals surface area contributed by atoms with E-state index in [0.29, 0.717) is 18.1 Å². The Morgan fingerprint density at radius 3 is 2.81 bits per heavy atom. The Labute approximate surface area is 160 Å². The summed E-state index contributed by atoms with van der Waals surface area (Å²) in [4.78, 5) is 6.14. The Morgan fingerprint density at radius 2 is 2.15 bits per heavy atom. The Bertz CT molecular complexity index is 898. The summed E-state index contributed by atoms with van der Waals surface area (Å²) in [5, 5.41) is 3.86. The van der Waals surface area contributed by atoms with E-state index in [1.165, 1.54) is 0 Å². The second-order valence-electron chi connectivity index (χ2n) is 6.79. The number of benzene rings is 1. The van der Waals surface area contributed by atoms with E-state index in [9.17, 15) is 8.42 Å². The lowest BCUT2D eigenvalue weighted by Gasteiger charge is -2.31. The first-order chi connectivity index (χ1) is 12.3. The van der Waals surface area contributed by atoms with E-state index in [1.54, 1.807) is 12.4 Å². The highest BCUT2D eigenvalue weighted by molar-refractivity contribution is 7.91. The minimum atomic E-state index is -3.00. The Morgan fingerprint density at radius 1 is 1.35 bits per heavy atom. The molecule has 0 radical (unpaired) electrons. The molecule has 5 nitrogen and oxygen atoms in total. The molecule has 2 aromatic rings. The third kappa shape index (κ3) is 4.59. The number of aryl methyl sites for hydroxylation is 2. The van der Waals surface area contributed by atoms with Gasteiger partial charge in [-0.15, -0.1) is 0 Å². The minimum Gasteiger partial charge on any atom is -0.341 e. The largest absolute Gasteiger partial charge is 0.341 e. The molecule has 0 saturated carbocycles. The van der Waals surface area contributed by atoms with Gasteiger partial charge in [0, 0.05) is 30.7 Å². The summed E-state index contributed by atoms with van der Waals surface area (Å²) < 4.78 is 23.9. The third-order valence-electron chi connectivity index (χ3n) is 4.62. The van der Waals surface area contributed by atoms with E-state index in [2.05, 4.69) is 22.4 Å². The molecule has 0 bridgehead atoms. The summed E-state index contributed by atoms with van der Waals surface area (Å²) in [6.07, 6.45) is 4.11. The van der Waals surface area contributed by atoms with Gasteiger partial charge < -0.3 is 10.2 Å². The molecular formula is C19H23N3O2S2. The molecule has 1 aliphatic rings. The van der Waals surface area contributed by atoms with Crippen molar-refractivity contribution in [3.8, 4) is 0 Å². The second kappa shape index (κ2) is 7.72. The maximum atomic E-state index is 12.0. The molecule has 1 aromatic carbocycles. The van der Waals surface area contributed by atoms with Crippen LogP contribution in [0.1, 0.15) is 23.1 Å². The number of nitrogens with one attached hydrogen (secondary N) is 1. The zero-order valence-electron chi connectivity index (χ0n) is 15.0. The predicted octanol–water partition coefficient (Wildman–Crippen LogP) is 3.08. The Balaban J connectivity index is 1.84. The average molecular weight is 390 g/mol. The maximum absolute atomic E-state index is 12.0. The molecule has 1 N–H and O–H groups in total. The molecule has 0 aliphatic carbocycles. The van der Waals surface area contributed by atoms with Crippen molar-refractivity contribution >= 4 is 32.9 Å². The molecule has 0 spiro atoms. The first-order valence-corrected chi connectivity index (χ1v) is 10.8. The van der Waals surface area contributed by atoms with E-state index >= 15 is 0 Å². The maximum Gasteiger partial charge on any atom is 0.174 e. The highest BCUT2D eigenvalue weighted by atomic mass is 32.2. The van der Waals surface area contributed by atoms with Crippen LogP contribution >= 0.6 is 12.2 Å². The van der Waals surface area contributed by atoms with Crippen molar-refractivity contribution in [2.45, 2.75) is 32.9 Å². The van der Waals surface area contributed by atoms with Gasteiger partial charge in [0.05, 0.1) is 11.5 Å². The predicted molar refractivity (Wildman–Crippen MR) is 109 cm³/mol. The monoisotopic (exact) mass is 389 g/mol. The van der Waals surface area contributed by atoms with E-state index in [1.807, 2.05) is 36.9 Å². The van der Waals surface area contributed by atoms with Crippen LogP contribution in [-0.4, -0.2) is 41.0 Å². The van der Waals surface area contributed by atoms with Crippen LogP contribution in [0.2, 0.25) is 0 Å². The number of nitrogens with zero attached hydrogens (tertiary/aromatic N) is 2. The van der Waals surface area contributed by atoms with Crippen molar-refractivity contribution in [2.24, 2.45) is 0 Å². The summed E-state index contributed by atoms with van der Waals surface area (Å²) in [5.74, 6) is 0.356. The molecule has 1 saturated heterocycles. The highest BCUT2D eigenvalue weighted by Crippen LogP contribution is 2.23. The van der Waals surface area contributed by atoms with Gasteiger partial charge in [-0.2, -0.15) is 0 Å². The van der Waals surface area contributed by atoms with Gasteiger partial charge in [-0.3, -0.25) is 4.98 Å². The van der Waals surface area contributed by atoms with Gasteiger partial charge in [0.1, 0.15) is 0 Å². The number of rotatable bonds is 4. The zero-order valence-corrected chi connectivity index (χ0v) is 16.6. The van der Waals surface area contributed by atoms with E-state index in [0.717, 1.165) is 22.4 Å². The quantitative estimate of drug-likeness (QED) is 0.811. The molecule has 1 aliphatic heterocycles. The highest BCUT2D eigenvalue weighted by Gasteiger charge is 2.33. The van der Waals surface area contributed by atoms with Gasteiger partial charge in [-0.05, 0) is 61.3 Å². The van der Waals surface area contributed by atoms with Crippen LogP contribution in [0.5, 0.6) is 0 Å². The first kappa shape index (κ1) is 18.8. The topological polar surface area (TPSA) is 62.3 Å². The number of pyridine rings is 1. The van der Waals surface area contributed by atoms with E-state index in [4.69, 9.17) is 12.2 Å². The van der Waals surface area contributed by atoms with Crippen molar-refractivity contribution in [2.75, 3.05) is 16.8 Å². The van der Waals surface area contributed by atoms with Crippen LogP contribution in [0, 0.1) is 13.8 Å². The normalized spacial score (nSPS) is 18.5. The SMILES string of the molecule is Cc1ccc(C)c(NC(=S)N(Cc2cccnc2)C2CCS(=O)(=O)C2)c1. The fraction of sp³-hybridized carbons (Fsp3) is 0.368. The fourth-order valence-corrected chi connectivity index (χ4v) is 5.19. The molecule has 26 heavy (non-hydrogen) atoms. The molecule has 7 heteroatoms. The second-order valence-corrected chi connectivity index (χ2v) is 9.41. The zero-order chi connectivity index (χ0) is 18.7. The summed E-state index contributed by atoms with van der Waals surface area (Å²) in [6, 6.07) is 9.89. The number of hydrogen-bond acceptors (Lipinski definition) is 4. The van der Waals surface area contributed by atoms with Crippen molar-refractivity contribution in [3.05, 3.63) is 59.4 Å². The lowest BCUT2D eigenvalue weighted by molar-refractivity contribution is 0.332. The number of hydrogen-bond donors (Lipinski definition) is 1. The van der Waals surface area contributed by atoms with E-state index in [-0.39, 0.29) is 17.5 Å². The number of thiocarbonyl (C=S) groups is 1. The number of aromatic nitrogens is 1. The molecule has 2 heterocycles. The van der Waals surface area contributed by atoms with Crippen LogP contribution in [0.25, 0.3) is 0 Å². The Hall–Kier alpha value is -1.99. The van der Waals surface area contributed by atoms with Gasteiger partial charge in [-0.25, -0.2) is 8.42 Å². The minimum absolute atomic E-state index is 0.120. The summed E-state index contributed by atoms with van der Waals surface area (Å²) in [6.45, 7) is 4.59. The van der Waals surface area contributed by atoms with Crippen LogP contribution in [-0.2, 0) is 16.4 Å². The molecular weight excluding hydrogens is 366 g/mol. The van der Waals surface area contributed by atoms with Crippen LogP contribution in [0.4, 0.5) is 5.69 Å². The van der Waals surface area contributed by atoms with E-state index < -0.39 is 9.84 Å². The smallest absolute Gasteiger partial charge is 0.174 e. The van der Waals surface area contributed by atoms with Crippen LogP contribution in [0.3, 0.4) is 0 Å². The third-order valence-corrected chi connectivity index (χ3v) is 6.71. The van der Waals surface area contributed by atoms with Gasteiger partial charge in [-0.1, -0.05) is 18.2 Å². The number of anilines is 1.